The second kappa shape index (κ2) is 20.8. The van der Waals surface area contributed by atoms with Crippen LogP contribution < -0.4 is 9.44 Å². The van der Waals surface area contributed by atoms with E-state index in [4.69, 9.17) is 18.9 Å². The highest BCUT2D eigenvalue weighted by atomic mass is 32.2. The van der Waals surface area contributed by atoms with Crippen LogP contribution >= 0.6 is 0 Å². The Balaban J connectivity index is 1.56. The molecule has 1 aliphatic rings. The van der Waals surface area contributed by atoms with Crippen LogP contribution in [-0.2, 0) is 48.6 Å². The molecule has 0 aliphatic carbocycles. The molecule has 14 nitrogen and oxygen atoms in total. The highest BCUT2D eigenvalue weighted by Gasteiger charge is 2.29. The van der Waals surface area contributed by atoms with E-state index in [0.717, 1.165) is 11.1 Å². The fraction of sp³-hybridized carbons (Fsp3) is 0.588. The second-order valence-corrected chi connectivity index (χ2v) is 15.3. The summed E-state index contributed by atoms with van der Waals surface area (Å²) in [6.45, 7) is 9.67. The molecule has 0 radical (unpaired) electrons. The van der Waals surface area contributed by atoms with Gasteiger partial charge in [0.1, 0.15) is 12.1 Å². The van der Waals surface area contributed by atoms with E-state index in [1.165, 1.54) is 34.1 Å². The third kappa shape index (κ3) is 13.3. The van der Waals surface area contributed by atoms with Crippen molar-refractivity contribution in [1.29, 1.82) is 0 Å². The first-order valence-corrected chi connectivity index (χ1v) is 19.9. The lowest BCUT2D eigenvalue weighted by atomic mass is 10.2. The SMILES string of the molecule is CCC(NS(=O)(=O)c1ccc(C)cc1)C(=O)N1CCOCCOCCN(C(=O)C(CC)NS(=O)(=O)c2ccc(C)cc2)CCOCCOCC1. The molecular weight excluding hydrogens is 689 g/mol. The molecular formula is C34H52N4O10S2. The Kier molecular flexibility index (Phi) is 17.2. The predicted molar refractivity (Wildman–Crippen MR) is 188 cm³/mol. The molecule has 2 atom stereocenters. The highest BCUT2D eigenvalue weighted by molar-refractivity contribution is 7.89. The van der Waals surface area contributed by atoms with E-state index in [9.17, 15) is 26.4 Å². The number of hydrogen-bond donors (Lipinski definition) is 2. The normalized spacial score (nSPS) is 18.1. The van der Waals surface area contributed by atoms with Crippen molar-refractivity contribution in [3.05, 3.63) is 59.7 Å². The van der Waals surface area contributed by atoms with Gasteiger partial charge in [0.2, 0.25) is 31.9 Å². The van der Waals surface area contributed by atoms with E-state index in [0.29, 0.717) is 0 Å². The fourth-order valence-corrected chi connectivity index (χ4v) is 7.56. The number of rotatable bonds is 10. The van der Waals surface area contributed by atoms with Crippen molar-refractivity contribution in [3.8, 4) is 0 Å². The first-order chi connectivity index (χ1) is 23.9. The van der Waals surface area contributed by atoms with Crippen LogP contribution in [0.2, 0.25) is 0 Å². The lowest BCUT2D eigenvalue weighted by molar-refractivity contribution is -0.136. The minimum Gasteiger partial charge on any atom is -0.377 e. The molecule has 3 rings (SSSR count). The predicted octanol–water partition coefficient (Wildman–Crippen LogP) is 1.85. The van der Waals surface area contributed by atoms with E-state index in [2.05, 4.69) is 9.44 Å². The molecule has 1 fully saturated rings. The smallest absolute Gasteiger partial charge is 0.241 e. The standard InChI is InChI=1S/C34H52N4O10S2/c1-5-31(35-49(41,42)29-11-7-27(3)8-12-29)33(39)37-15-19-45-23-25-47-21-17-38(18-22-48-26-24-46-20-16-37)34(40)32(6-2)36-50(43,44)30-13-9-28(4)10-14-30/h7-14,31-32,35-36H,5-6,15-26H2,1-4H3. The summed E-state index contributed by atoms with van der Waals surface area (Å²) in [6.07, 6.45) is 0.502. The Bertz CT molecular complexity index is 1420. The van der Waals surface area contributed by atoms with Crippen LogP contribution in [0, 0.1) is 13.8 Å². The van der Waals surface area contributed by atoms with Crippen molar-refractivity contribution >= 4 is 31.9 Å². The number of carbonyl (C=O) groups excluding carboxylic acids is 2. The van der Waals surface area contributed by atoms with Gasteiger partial charge in [-0.2, -0.15) is 9.44 Å². The topological polar surface area (TPSA) is 170 Å². The number of amides is 2. The van der Waals surface area contributed by atoms with Gasteiger partial charge in [-0.05, 0) is 51.0 Å². The number of nitrogens with one attached hydrogen (secondary N) is 2. The van der Waals surface area contributed by atoms with E-state index in [1.54, 1.807) is 38.1 Å². The summed E-state index contributed by atoms with van der Waals surface area (Å²) in [6, 6.07) is 10.9. The second-order valence-electron chi connectivity index (χ2n) is 11.9. The van der Waals surface area contributed by atoms with Gasteiger partial charge in [0, 0.05) is 26.2 Å². The van der Waals surface area contributed by atoms with Crippen LogP contribution in [0.15, 0.2) is 58.3 Å². The summed E-state index contributed by atoms with van der Waals surface area (Å²) in [4.78, 5) is 30.2. The molecule has 2 unspecified atom stereocenters. The molecule has 2 amide bonds. The highest BCUT2D eigenvalue weighted by Crippen LogP contribution is 2.14. The van der Waals surface area contributed by atoms with Gasteiger partial charge in [0.15, 0.2) is 0 Å². The minimum atomic E-state index is -3.92. The monoisotopic (exact) mass is 740 g/mol. The number of hydrogen-bond acceptors (Lipinski definition) is 10. The van der Waals surface area contributed by atoms with E-state index in [-0.39, 0.29) is 113 Å². The van der Waals surface area contributed by atoms with Gasteiger partial charge in [0.25, 0.3) is 0 Å². The number of sulfonamides is 2. The van der Waals surface area contributed by atoms with Crippen LogP contribution in [0.25, 0.3) is 0 Å². The zero-order valence-electron chi connectivity index (χ0n) is 29.5. The lowest BCUT2D eigenvalue weighted by Crippen LogP contribution is -2.50. The maximum atomic E-state index is 13.5. The fourth-order valence-electron chi connectivity index (χ4n) is 5.01. The van der Waals surface area contributed by atoms with E-state index < -0.39 is 32.1 Å². The van der Waals surface area contributed by atoms with Gasteiger partial charge in [0.05, 0.1) is 62.6 Å². The number of aryl methyl sites for hydroxylation is 2. The van der Waals surface area contributed by atoms with Crippen molar-refractivity contribution in [2.75, 3.05) is 79.0 Å². The van der Waals surface area contributed by atoms with Gasteiger partial charge >= 0.3 is 0 Å². The number of nitrogens with zero attached hydrogens (tertiary/aromatic N) is 2. The average Bonchev–Trinajstić information content (AvgIpc) is 3.09. The number of benzene rings is 2. The molecule has 16 heteroatoms. The van der Waals surface area contributed by atoms with Crippen molar-refractivity contribution in [2.45, 2.75) is 62.4 Å². The van der Waals surface area contributed by atoms with Crippen LogP contribution in [0.1, 0.15) is 37.8 Å². The van der Waals surface area contributed by atoms with E-state index in [1.807, 2.05) is 13.8 Å². The van der Waals surface area contributed by atoms with Crippen LogP contribution in [0.3, 0.4) is 0 Å². The summed E-state index contributed by atoms with van der Waals surface area (Å²) in [7, 11) is -7.84. The van der Waals surface area contributed by atoms with Gasteiger partial charge in [-0.15, -0.1) is 0 Å². The van der Waals surface area contributed by atoms with Crippen molar-refractivity contribution < 1.29 is 45.4 Å². The number of carbonyl (C=O) groups is 2. The van der Waals surface area contributed by atoms with Gasteiger partial charge in [-0.1, -0.05) is 49.2 Å². The number of ether oxygens (including phenoxy) is 4. The molecule has 0 saturated carbocycles. The van der Waals surface area contributed by atoms with Gasteiger partial charge < -0.3 is 28.7 Å². The van der Waals surface area contributed by atoms with Crippen molar-refractivity contribution in [1.82, 2.24) is 19.2 Å². The molecule has 0 bridgehead atoms. The minimum absolute atomic E-state index is 0.0844. The van der Waals surface area contributed by atoms with E-state index >= 15 is 0 Å². The first kappa shape index (κ1) is 41.5. The molecule has 1 saturated heterocycles. The Morgan fingerprint density at radius 2 is 0.840 bits per heavy atom. The molecule has 280 valence electrons. The van der Waals surface area contributed by atoms with Crippen LogP contribution in [0.4, 0.5) is 0 Å². The molecule has 2 aromatic rings. The Hall–Kier alpha value is -2.96. The molecule has 0 spiro atoms. The molecule has 2 aromatic carbocycles. The Morgan fingerprint density at radius 3 is 1.10 bits per heavy atom. The summed E-state index contributed by atoms with van der Waals surface area (Å²) in [5.74, 6) is -0.762. The molecule has 50 heavy (non-hydrogen) atoms. The summed E-state index contributed by atoms with van der Waals surface area (Å²) < 4.78 is 80.0. The zero-order chi connectivity index (χ0) is 36.6. The molecule has 1 heterocycles. The lowest BCUT2D eigenvalue weighted by Gasteiger charge is -2.28. The largest absolute Gasteiger partial charge is 0.377 e. The van der Waals surface area contributed by atoms with Crippen LogP contribution in [0.5, 0.6) is 0 Å². The van der Waals surface area contributed by atoms with Crippen molar-refractivity contribution in [3.63, 3.8) is 0 Å². The third-order valence-corrected chi connectivity index (χ3v) is 11.0. The zero-order valence-corrected chi connectivity index (χ0v) is 31.1. The summed E-state index contributed by atoms with van der Waals surface area (Å²) in [5.41, 5.74) is 1.84. The van der Waals surface area contributed by atoms with Gasteiger partial charge in [-0.25, -0.2) is 16.8 Å². The summed E-state index contributed by atoms with van der Waals surface area (Å²) in [5, 5.41) is 0. The molecule has 1 aliphatic heterocycles. The third-order valence-electron chi connectivity index (χ3n) is 8.06. The van der Waals surface area contributed by atoms with Crippen LogP contribution in [-0.4, -0.2) is 130 Å². The Morgan fingerprint density at radius 1 is 0.560 bits per heavy atom. The van der Waals surface area contributed by atoms with Gasteiger partial charge in [-0.3, -0.25) is 9.59 Å². The summed E-state index contributed by atoms with van der Waals surface area (Å²) >= 11 is 0. The molecule has 2 N–H and O–H groups in total. The quantitative estimate of drug-likeness (QED) is 0.367. The Labute approximate surface area is 296 Å². The van der Waals surface area contributed by atoms with Crippen molar-refractivity contribution in [2.24, 2.45) is 0 Å². The maximum absolute atomic E-state index is 13.5. The first-order valence-electron chi connectivity index (χ1n) is 16.9. The maximum Gasteiger partial charge on any atom is 0.241 e. The molecule has 0 aromatic heterocycles. The average molecular weight is 741 g/mol.